The first-order valence-corrected chi connectivity index (χ1v) is 8.11. The van der Waals surface area contributed by atoms with Gasteiger partial charge in [0.25, 0.3) is 0 Å². The highest BCUT2D eigenvalue weighted by Gasteiger charge is 2.21. The van der Waals surface area contributed by atoms with E-state index in [0.29, 0.717) is 15.1 Å². The first-order valence-electron chi connectivity index (χ1n) is 6.98. The number of benzene rings is 1. The fourth-order valence-electron chi connectivity index (χ4n) is 2.26. The number of aromatic nitrogens is 2. The third-order valence-electron chi connectivity index (χ3n) is 3.28. The van der Waals surface area contributed by atoms with E-state index in [2.05, 4.69) is 17.3 Å². The molecule has 2 aromatic rings. The Kier molecular flexibility index (Phi) is 5.94. The summed E-state index contributed by atoms with van der Waals surface area (Å²) in [5.41, 5.74) is 1.97. The van der Waals surface area contributed by atoms with E-state index in [-0.39, 0.29) is 6.04 Å². The lowest BCUT2D eigenvalue weighted by atomic mass is 10.0. The first kappa shape index (κ1) is 16.6. The first-order chi connectivity index (χ1) is 10.1. The number of halogens is 3. The van der Waals surface area contributed by atoms with E-state index in [0.717, 1.165) is 30.8 Å². The maximum absolute atomic E-state index is 6.34. The zero-order valence-electron chi connectivity index (χ0n) is 12.0. The minimum absolute atomic E-state index is 0.0605. The van der Waals surface area contributed by atoms with Crippen LogP contribution in [0.4, 0.5) is 0 Å². The molecule has 3 nitrogen and oxygen atoms in total. The molecule has 0 fully saturated rings. The molecule has 1 N–H and O–H groups in total. The van der Waals surface area contributed by atoms with Crippen LogP contribution in [0.5, 0.6) is 0 Å². The molecule has 0 amide bonds. The Balaban J connectivity index is 2.46. The summed E-state index contributed by atoms with van der Waals surface area (Å²) in [6.45, 7) is 5.79. The van der Waals surface area contributed by atoms with Gasteiger partial charge in [0.15, 0.2) is 0 Å². The van der Waals surface area contributed by atoms with Crippen LogP contribution in [0.3, 0.4) is 0 Å². The van der Waals surface area contributed by atoms with Crippen molar-refractivity contribution in [2.75, 3.05) is 6.54 Å². The molecule has 6 heteroatoms. The van der Waals surface area contributed by atoms with Gasteiger partial charge in [-0.05, 0) is 37.6 Å². The van der Waals surface area contributed by atoms with E-state index in [1.807, 2.05) is 23.7 Å². The number of rotatable bonds is 6. The van der Waals surface area contributed by atoms with Gasteiger partial charge < -0.3 is 5.32 Å². The Morgan fingerprint density at radius 1 is 1.14 bits per heavy atom. The van der Waals surface area contributed by atoms with Crippen molar-refractivity contribution in [3.63, 3.8) is 0 Å². The molecule has 0 bridgehead atoms. The van der Waals surface area contributed by atoms with Crippen molar-refractivity contribution >= 4 is 34.8 Å². The molecule has 0 radical (unpaired) electrons. The van der Waals surface area contributed by atoms with E-state index in [9.17, 15) is 0 Å². The molecule has 0 spiro atoms. The molecule has 0 aliphatic rings. The van der Waals surface area contributed by atoms with Gasteiger partial charge >= 0.3 is 0 Å². The average Bonchev–Trinajstić information content (AvgIpc) is 2.84. The molecule has 0 aliphatic carbocycles. The third-order valence-corrected chi connectivity index (χ3v) is 4.31. The number of nitrogens with one attached hydrogen (secondary N) is 1. The van der Waals surface area contributed by atoms with Crippen molar-refractivity contribution in [1.29, 1.82) is 0 Å². The van der Waals surface area contributed by atoms with Crippen molar-refractivity contribution in [3.8, 4) is 0 Å². The Bertz CT molecular complexity index is 610. The van der Waals surface area contributed by atoms with Crippen molar-refractivity contribution in [2.24, 2.45) is 0 Å². The molecule has 114 valence electrons. The van der Waals surface area contributed by atoms with Gasteiger partial charge in [-0.25, -0.2) is 0 Å². The smallest absolute Gasteiger partial charge is 0.0837 e. The molecule has 1 aromatic heterocycles. The van der Waals surface area contributed by atoms with E-state index >= 15 is 0 Å². The van der Waals surface area contributed by atoms with Gasteiger partial charge in [0.1, 0.15) is 0 Å². The van der Waals surface area contributed by atoms with Crippen LogP contribution in [0.15, 0.2) is 24.4 Å². The highest BCUT2D eigenvalue weighted by molar-refractivity contribution is 6.42. The summed E-state index contributed by atoms with van der Waals surface area (Å²) in [4.78, 5) is 0. The fraction of sp³-hybridized carbons (Fsp3) is 0.400. The summed E-state index contributed by atoms with van der Waals surface area (Å²) in [5.74, 6) is 0. The molecule has 1 heterocycles. The average molecular weight is 347 g/mol. The van der Waals surface area contributed by atoms with Crippen LogP contribution in [0, 0.1) is 0 Å². The Hall–Kier alpha value is -0.740. The second-order valence-electron chi connectivity index (χ2n) is 4.75. The minimum Gasteiger partial charge on any atom is -0.305 e. The van der Waals surface area contributed by atoms with Gasteiger partial charge in [0.2, 0.25) is 0 Å². The normalized spacial score (nSPS) is 12.6. The van der Waals surface area contributed by atoms with Crippen LogP contribution in [-0.4, -0.2) is 16.3 Å². The predicted molar refractivity (Wildman–Crippen MR) is 89.5 cm³/mol. The van der Waals surface area contributed by atoms with Crippen molar-refractivity contribution < 1.29 is 0 Å². The van der Waals surface area contributed by atoms with Crippen LogP contribution < -0.4 is 5.32 Å². The van der Waals surface area contributed by atoms with Crippen LogP contribution in [-0.2, 0) is 6.54 Å². The quantitative estimate of drug-likeness (QED) is 0.802. The monoisotopic (exact) mass is 345 g/mol. The Morgan fingerprint density at radius 3 is 2.52 bits per heavy atom. The van der Waals surface area contributed by atoms with Crippen LogP contribution >= 0.6 is 34.8 Å². The van der Waals surface area contributed by atoms with Gasteiger partial charge in [0, 0.05) is 6.54 Å². The maximum Gasteiger partial charge on any atom is 0.0837 e. The van der Waals surface area contributed by atoms with Gasteiger partial charge in [-0.1, -0.05) is 47.8 Å². The van der Waals surface area contributed by atoms with Crippen LogP contribution in [0.25, 0.3) is 0 Å². The topological polar surface area (TPSA) is 29.9 Å². The van der Waals surface area contributed by atoms with Gasteiger partial charge in [-0.2, -0.15) is 5.10 Å². The number of nitrogens with zero attached hydrogens (tertiary/aromatic N) is 2. The van der Waals surface area contributed by atoms with E-state index < -0.39 is 0 Å². The molecule has 0 aliphatic heterocycles. The second-order valence-corrected chi connectivity index (χ2v) is 5.98. The van der Waals surface area contributed by atoms with Crippen molar-refractivity contribution in [1.82, 2.24) is 15.1 Å². The van der Waals surface area contributed by atoms with E-state index in [1.54, 1.807) is 12.3 Å². The summed E-state index contributed by atoms with van der Waals surface area (Å²) in [6, 6.07) is 5.58. The predicted octanol–water partition coefficient (Wildman–Crippen LogP) is 4.95. The minimum atomic E-state index is -0.0605. The lowest BCUT2D eigenvalue weighted by Crippen LogP contribution is -2.26. The Labute approximate surface area is 140 Å². The van der Waals surface area contributed by atoms with Crippen LogP contribution in [0.2, 0.25) is 15.1 Å². The number of aryl methyl sites for hydroxylation is 1. The molecule has 21 heavy (non-hydrogen) atoms. The molecular weight excluding hydrogens is 329 g/mol. The van der Waals surface area contributed by atoms with E-state index in [1.165, 1.54) is 0 Å². The second kappa shape index (κ2) is 7.50. The SMILES string of the molecule is CCCNC(c1ccc(Cl)c(Cl)c1)c1c(Cl)cnn1CC. The summed E-state index contributed by atoms with van der Waals surface area (Å²) >= 11 is 18.5. The molecule has 0 saturated heterocycles. The zero-order chi connectivity index (χ0) is 15.4. The molecule has 1 aromatic carbocycles. The maximum atomic E-state index is 6.34. The highest BCUT2D eigenvalue weighted by atomic mass is 35.5. The van der Waals surface area contributed by atoms with Gasteiger partial charge in [-0.15, -0.1) is 0 Å². The zero-order valence-corrected chi connectivity index (χ0v) is 14.3. The van der Waals surface area contributed by atoms with Crippen molar-refractivity contribution in [2.45, 2.75) is 32.9 Å². The fourth-order valence-corrected chi connectivity index (χ4v) is 2.82. The summed E-state index contributed by atoms with van der Waals surface area (Å²) in [5, 5.41) is 9.55. The highest BCUT2D eigenvalue weighted by Crippen LogP contribution is 2.32. The summed E-state index contributed by atoms with van der Waals surface area (Å²) in [7, 11) is 0. The van der Waals surface area contributed by atoms with E-state index in [4.69, 9.17) is 34.8 Å². The molecular formula is C15H18Cl3N3. The molecule has 2 rings (SSSR count). The number of hydrogen-bond donors (Lipinski definition) is 1. The summed E-state index contributed by atoms with van der Waals surface area (Å²) in [6.07, 6.45) is 2.70. The standard InChI is InChI=1S/C15H18Cl3N3/c1-3-7-19-14(10-5-6-11(16)12(17)8-10)15-13(18)9-20-21(15)4-2/h5-6,8-9,14,19H,3-4,7H2,1-2H3. The largest absolute Gasteiger partial charge is 0.305 e. The lowest BCUT2D eigenvalue weighted by Gasteiger charge is -2.21. The number of hydrogen-bond acceptors (Lipinski definition) is 2. The third kappa shape index (κ3) is 3.72. The molecule has 1 unspecified atom stereocenters. The molecule has 1 atom stereocenters. The summed E-state index contributed by atoms with van der Waals surface area (Å²) < 4.78 is 1.90. The van der Waals surface area contributed by atoms with Gasteiger partial charge in [-0.3, -0.25) is 4.68 Å². The molecule has 0 saturated carbocycles. The van der Waals surface area contributed by atoms with Crippen LogP contribution in [0.1, 0.15) is 37.6 Å². The lowest BCUT2D eigenvalue weighted by molar-refractivity contribution is 0.530. The van der Waals surface area contributed by atoms with Gasteiger partial charge in [0.05, 0.1) is 33.0 Å². The van der Waals surface area contributed by atoms with Crippen molar-refractivity contribution in [3.05, 3.63) is 50.7 Å². The Morgan fingerprint density at radius 2 is 1.90 bits per heavy atom.